The molecule has 0 saturated heterocycles. The monoisotopic (exact) mass is 427 g/mol. The molecule has 0 bridgehead atoms. The van der Waals surface area contributed by atoms with Crippen LogP contribution in [0.1, 0.15) is 5.69 Å². The minimum absolute atomic E-state index is 0.0714. The van der Waals surface area contributed by atoms with Crippen LogP contribution in [-0.4, -0.2) is 24.5 Å². The van der Waals surface area contributed by atoms with Gasteiger partial charge in [-0.3, -0.25) is 9.40 Å². The van der Waals surface area contributed by atoms with Crippen molar-refractivity contribution >= 4 is 27.6 Å². The Kier molecular flexibility index (Phi) is 5.44. The Labute approximate surface area is 164 Å². The number of nitrogens with zero attached hydrogens (tertiary/aromatic N) is 2. The van der Waals surface area contributed by atoms with Gasteiger partial charge in [0.1, 0.15) is 0 Å². The van der Waals surface area contributed by atoms with Crippen LogP contribution < -0.4 is 4.72 Å². The van der Waals surface area contributed by atoms with E-state index in [2.05, 4.69) is 9.82 Å². The van der Waals surface area contributed by atoms with E-state index in [1.54, 1.807) is 18.2 Å². The summed E-state index contributed by atoms with van der Waals surface area (Å²) in [6.07, 6.45) is -2.87. The van der Waals surface area contributed by atoms with Gasteiger partial charge in [0, 0.05) is 11.9 Å². The van der Waals surface area contributed by atoms with Crippen LogP contribution in [0.2, 0.25) is 0 Å². The standard InChI is InChI=1S/C18H16F3N3O2S2/c1-24-16(18(19,20)21)15(12-8-10-13(27-2)11-9-12)17(22-24)23-28(25,26)14-6-4-3-5-7-14/h3-11H,1-2H3,(H,22,23). The summed E-state index contributed by atoms with van der Waals surface area (Å²) in [5, 5.41) is 3.81. The van der Waals surface area contributed by atoms with Gasteiger partial charge in [-0.1, -0.05) is 30.3 Å². The number of anilines is 1. The van der Waals surface area contributed by atoms with Crippen molar-refractivity contribution in [3.05, 3.63) is 60.3 Å². The molecule has 0 saturated carbocycles. The van der Waals surface area contributed by atoms with Crippen molar-refractivity contribution in [3.8, 4) is 11.1 Å². The molecular weight excluding hydrogens is 411 g/mol. The molecule has 1 N–H and O–H groups in total. The van der Waals surface area contributed by atoms with Crippen molar-refractivity contribution in [2.45, 2.75) is 16.0 Å². The first-order chi connectivity index (χ1) is 13.1. The van der Waals surface area contributed by atoms with Gasteiger partial charge < -0.3 is 0 Å². The van der Waals surface area contributed by atoms with Gasteiger partial charge in [0.15, 0.2) is 11.5 Å². The van der Waals surface area contributed by atoms with Gasteiger partial charge in [-0.05, 0) is 36.1 Å². The van der Waals surface area contributed by atoms with Gasteiger partial charge in [-0.2, -0.15) is 18.3 Å². The summed E-state index contributed by atoms with van der Waals surface area (Å²) in [5.41, 5.74) is -1.14. The summed E-state index contributed by atoms with van der Waals surface area (Å²) in [6.45, 7) is 0. The number of halogens is 3. The smallest absolute Gasteiger partial charge is 0.261 e. The van der Waals surface area contributed by atoms with E-state index in [0.29, 0.717) is 4.68 Å². The molecule has 5 nitrogen and oxygen atoms in total. The molecule has 3 aromatic rings. The Morgan fingerprint density at radius 3 is 2.18 bits per heavy atom. The highest BCUT2D eigenvalue weighted by Crippen LogP contribution is 2.41. The largest absolute Gasteiger partial charge is 0.433 e. The highest BCUT2D eigenvalue weighted by atomic mass is 32.2. The lowest BCUT2D eigenvalue weighted by Crippen LogP contribution is -2.14. The Bertz CT molecular complexity index is 1080. The second-order valence-electron chi connectivity index (χ2n) is 5.84. The van der Waals surface area contributed by atoms with E-state index >= 15 is 0 Å². The predicted molar refractivity (Wildman–Crippen MR) is 103 cm³/mol. The number of hydrogen-bond acceptors (Lipinski definition) is 4. The lowest BCUT2D eigenvalue weighted by molar-refractivity contribution is -0.143. The van der Waals surface area contributed by atoms with Gasteiger partial charge in [0.05, 0.1) is 10.5 Å². The third-order valence-electron chi connectivity index (χ3n) is 3.98. The van der Waals surface area contributed by atoms with Crippen LogP contribution in [0.25, 0.3) is 11.1 Å². The van der Waals surface area contributed by atoms with Crippen molar-refractivity contribution in [3.63, 3.8) is 0 Å². The zero-order valence-electron chi connectivity index (χ0n) is 14.9. The van der Waals surface area contributed by atoms with Crippen LogP contribution in [0.4, 0.5) is 19.0 Å². The Morgan fingerprint density at radius 2 is 1.64 bits per heavy atom. The quantitative estimate of drug-likeness (QED) is 0.603. The fourth-order valence-corrected chi connectivity index (χ4v) is 4.18. The Morgan fingerprint density at radius 1 is 1.04 bits per heavy atom. The second kappa shape index (κ2) is 7.51. The number of rotatable bonds is 5. The third-order valence-corrected chi connectivity index (χ3v) is 6.08. The maximum atomic E-state index is 13.7. The molecule has 148 valence electrons. The van der Waals surface area contributed by atoms with Gasteiger partial charge in [0.25, 0.3) is 10.0 Å². The zero-order valence-corrected chi connectivity index (χ0v) is 16.5. The van der Waals surface area contributed by atoms with E-state index in [-0.39, 0.29) is 21.8 Å². The molecule has 1 heterocycles. The van der Waals surface area contributed by atoms with Crippen molar-refractivity contribution in [2.24, 2.45) is 7.05 Å². The normalized spacial score (nSPS) is 12.2. The fourth-order valence-electron chi connectivity index (χ4n) is 2.74. The molecule has 0 aliphatic carbocycles. The van der Waals surface area contributed by atoms with Gasteiger partial charge in [0.2, 0.25) is 0 Å². The summed E-state index contributed by atoms with van der Waals surface area (Å²) in [7, 11) is -2.97. The molecular formula is C18H16F3N3O2S2. The van der Waals surface area contributed by atoms with E-state index in [4.69, 9.17) is 0 Å². The average molecular weight is 427 g/mol. The maximum Gasteiger partial charge on any atom is 0.433 e. The van der Waals surface area contributed by atoms with E-state index < -0.39 is 21.9 Å². The number of aryl methyl sites for hydroxylation is 1. The number of thioether (sulfide) groups is 1. The molecule has 0 amide bonds. The topological polar surface area (TPSA) is 64.0 Å². The van der Waals surface area contributed by atoms with Crippen LogP contribution in [0.3, 0.4) is 0 Å². The van der Waals surface area contributed by atoms with E-state index in [0.717, 1.165) is 11.9 Å². The van der Waals surface area contributed by atoms with E-state index in [9.17, 15) is 21.6 Å². The first-order valence-corrected chi connectivity index (χ1v) is 10.7. The number of alkyl halides is 3. The third kappa shape index (κ3) is 4.02. The molecule has 0 unspecified atom stereocenters. The minimum Gasteiger partial charge on any atom is -0.261 e. The van der Waals surface area contributed by atoms with Crippen molar-refractivity contribution < 1.29 is 21.6 Å². The van der Waals surface area contributed by atoms with Crippen LogP contribution in [0.15, 0.2) is 64.4 Å². The van der Waals surface area contributed by atoms with Crippen LogP contribution in [0, 0.1) is 0 Å². The minimum atomic E-state index is -4.72. The van der Waals surface area contributed by atoms with Crippen LogP contribution in [0.5, 0.6) is 0 Å². The molecule has 10 heteroatoms. The summed E-state index contributed by atoms with van der Waals surface area (Å²) in [5.74, 6) is -0.379. The molecule has 0 aliphatic heterocycles. The van der Waals surface area contributed by atoms with E-state index in [1.807, 2.05) is 6.26 Å². The van der Waals surface area contributed by atoms with Crippen molar-refractivity contribution in [1.82, 2.24) is 9.78 Å². The first kappa shape index (κ1) is 20.3. The number of hydrogen-bond donors (Lipinski definition) is 1. The molecule has 28 heavy (non-hydrogen) atoms. The van der Waals surface area contributed by atoms with Crippen molar-refractivity contribution in [2.75, 3.05) is 11.0 Å². The lowest BCUT2D eigenvalue weighted by atomic mass is 10.1. The van der Waals surface area contributed by atoms with Gasteiger partial charge in [-0.15, -0.1) is 11.8 Å². The average Bonchev–Trinajstić information content (AvgIpc) is 2.98. The molecule has 0 aliphatic rings. The Balaban J connectivity index is 2.16. The number of sulfonamides is 1. The molecule has 2 aromatic carbocycles. The SMILES string of the molecule is CSc1ccc(-c2c(NS(=O)(=O)c3ccccc3)nn(C)c2C(F)(F)F)cc1. The summed E-state index contributed by atoms with van der Waals surface area (Å²) < 4.78 is 69.1. The van der Waals surface area contributed by atoms with Crippen LogP contribution in [-0.2, 0) is 23.2 Å². The molecule has 0 atom stereocenters. The van der Waals surface area contributed by atoms with Crippen molar-refractivity contribution in [1.29, 1.82) is 0 Å². The lowest BCUT2D eigenvalue weighted by Gasteiger charge is -2.12. The maximum absolute atomic E-state index is 13.7. The summed E-state index contributed by atoms with van der Waals surface area (Å²) >= 11 is 1.44. The van der Waals surface area contributed by atoms with Gasteiger partial charge >= 0.3 is 6.18 Å². The fraction of sp³-hybridized carbons (Fsp3) is 0.167. The highest BCUT2D eigenvalue weighted by molar-refractivity contribution is 7.98. The number of benzene rings is 2. The molecule has 3 rings (SSSR count). The van der Waals surface area contributed by atoms with Crippen LogP contribution >= 0.6 is 11.8 Å². The molecule has 1 aromatic heterocycles. The molecule has 0 spiro atoms. The van der Waals surface area contributed by atoms with E-state index in [1.165, 1.54) is 48.2 Å². The first-order valence-electron chi connectivity index (χ1n) is 8.00. The zero-order chi connectivity index (χ0) is 20.5. The molecule has 0 radical (unpaired) electrons. The summed E-state index contributed by atoms with van der Waals surface area (Å²) in [6, 6.07) is 13.8. The second-order valence-corrected chi connectivity index (χ2v) is 8.40. The highest BCUT2D eigenvalue weighted by Gasteiger charge is 2.40. The summed E-state index contributed by atoms with van der Waals surface area (Å²) in [4.78, 5) is 0.797. The van der Waals surface area contributed by atoms with Gasteiger partial charge in [-0.25, -0.2) is 8.42 Å². The Hall–Kier alpha value is -2.46. The molecule has 0 fully saturated rings. The predicted octanol–water partition coefficient (Wildman–Crippen LogP) is 4.63. The number of nitrogens with one attached hydrogen (secondary N) is 1. The number of aromatic nitrogens is 2.